The maximum Gasteiger partial charge on any atom is 0.292 e. The van der Waals surface area contributed by atoms with Crippen molar-refractivity contribution in [2.75, 3.05) is 0 Å². The van der Waals surface area contributed by atoms with Crippen LogP contribution in [0.4, 0.5) is 5.69 Å². The average Bonchev–Trinajstić information content (AvgIpc) is 2.11. The molecular formula is C8H5Cl2NO3. The van der Waals surface area contributed by atoms with Crippen LogP contribution in [0, 0.1) is 17.0 Å². The molecule has 6 heteroatoms. The minimum Gasteiger partial charge on any atom is -0.298 e. The number of rotatable bonds is 2. The number of hydrogen-bond donors (Lipinski definition) is 0. The molecule has 0 heterocycles. The summed E-state index contributed by atoms with van der Waals surface area (Å²) >= 11 is 11.3. The fourth-order valence-electron chi connectivity index (χ4n) is 1.06. The van der Waals surface area contributed by atoms with Gasteiger partial charge in [-0.05, 0) is 13.0 Å². The van der Waals surface area contributed by atoms with Gasteiger partial charge in [0.15, 0.2) is 6.29 Å². The maximum atomic E-state index is 10.6. The summed E-state index contributed by atoms with van der Waals surface area (Å²) in [5.41, 5.74) is 0.0757. The van der Waals surface area contributed by atoms with Gasteiger partial charge in [0, 0.05) is 11.1 Å². The van der Waals surface area contributed by atoms with Crippen molar-refractivity contribution in [3.05, 3.63) is 37.4 Å². The fraction of sp³-hybridized carbons (Fsp3) is 0.125. The second-order valence-corrected chi connectivity index (χ2v) is 3.40. The van der Waals surface area contributed by atoms with Gasteiger partial charge in [0.05, 0.1) is 9.95 Å². The zero-order chi connectivity index (χ0) is 10.9. The summed E-state index contributed by atoms with van der Waals surface area (Å²) in [4.78, 5) is 20.5. The molecule has 0 amide bonds. The lowest BCUT2D eigenvalue weighted by atomic mass is 10.1. The predicted octanol–water partition coefficient (Wildman–Crippen LogP) is 3.02. The average molecular weight is 234 g/mol. The third kappa shape index (κ3) is 1.71. The Hall–Kier alpha value is -1.13. The van der Waals surface area contributed by atoms with Crippen LogP contribution in [0.5, 0.6) is 0 Å². The third-order valence-electron chi connectivity index (χ3n) is 1.80. The highest BCUT2D eigenvalue weighted by Gasteiger charge is 2.21. The molecule has 1 rings (SSSR count). The van der Waals surface area contributed by atoms with E-state index in [4.69, 9.17) is 23.2 Å². The van der Waals surface area contributed by atoms with E-state index in [-0.39, 0.29) is 26.9 Å². The van der Waals surface area contributed by atoms with Crippen molar-refractivity contribution in [2.24, 2.45) is 0 Å². The minimum absolute atomic E-state index is 0.00562. The number of nitrogens with zero attached hydrogens (tertiary/aromatic N) is 1. The molecule has 0 aliphatic carbocycles. The second kappa shape index (κ2) is 3.94. The largest absolute Gasteiger partial charge is 0.298 e. The van der Waals surface area contributed by atoms with E-state index in [9.17, 15) is 14.9 Å². The van der Waals surface area contributed by atoms with Crippen LogP contribution in [-0.2, 0) is 0 Å². The smallest absolute Gasteiger partial charge is 0.292 e. The van der Waals surface area contributed by atoms with E-state index >= 15 is 0 Å². The van der Waals surface area contributed by atoms with Gasteiger partial charge in [0.25, 0.3) is 5.69 Å². The van der Waals surface area contributed by atoms with Gasteiger partial charge in [-0.25, -0.2) is 0 Å². The van der Waals surface area contributed by atoms with E-state index in [1.54, 1.807) is 0 Å². The molecule has 0 saturated heterocycles. The molecule has 0 N–H and O–H groups in total. The summed E-state index contributed by atoms with van der Waals surface area (Å²) < 4.78 is 0. The van der Waals surface area contributed by atoms with Crippen LogP contribution in [0.2, 0.25) is 10.0 Å². The summed E-state index contributed by atoms with van der Waals surface area (Å²) in [5.74, 6) is 0. The Bertz CT molecular complexity index is 418. The van der Waals surface area contributed by atoms with Crippen molar-refractivity contribution in [3.63, 3.8) is 0 Å². The summed E-state index contributed by atoms with van der Waals surface area (Å²) in [6, 6.07) is 1.30. The summed E-state index contributed by atoms with van der Waals surface area (Å²) in [6.45, 7) is 1.45. The van der Waals surface area contributed by atoms with Crippen LogP contribution < -0.4 is 0 Å². The van der Waals surface area contributed by atoms with E-state index < -0.39 is 4.92 Å². The summed E-state index contributed by atoms with van der Waals surface area (Å²) in [5, 5.41) is 10.5. The number of halogens is 2. The number of aldehydes is 1. The summed E-state index contributed by atoms with van der Waals surface area (Å²) in [6.07, 6.45) is 0.505. The van der Waals surface area contributed by atoms with Crippen molar-refractivity contribution in [3.8, 4) is 0 Å². The predicted molar refractivity (Wildman–Crippen MR) is 53.2 cm³/mol. The Morgan fingerprint density at radius 1 is 1.50 bits per heavy atom. The number of hydrogen-bond acceptors (Lipinski definition) is 3. The topological polar surface area (TPSA) is 60.2 Å². The van der Waals surface area contributed by atoms with Gasteiger partial charge < -0.3 is 0 Å². The molecule has 0 bridgehead atoms. The maximum absolute atomic E-state index is 10.6. The molecule has 0 aromatic heterocycles. The molecule has 1 aromatic carbocycles. The number of benzene rings is 1. The molecule has 1 aromatic rings. The van der Waals surface area contributed by atoms with Gasteiger partial charge in [0.1, 0.15) is 5.02 Å². The van der Waals surface area contributed by atoms with E-state index in [1.165, 1.54) is 13.0 Å². The SMILES string of the molecule is Cc1c(C=O)cc(Cl)c(Cl)c1[N+](=O)[O-]. The van der Waals surface area contributed by atoms with Crippen molar-refractivity contribution in [1.82, 2.24) is 0 Å². The first-order valence-corrected chi connectivity index (χ1v) is 4.32. The Kier molecular flexibility index (Phi) is 3.08. The molecule has 0 unspecified atom stereocenters. The lowest BCUT2D eigenvalue weighted by molar-refractivity contribution is -0.385. The van der Waals surface area contributed by atoms with Gasteiger partial charge in [-0.3, -0.25) is 14.9 Å². The van der Waals surface area contributed by atoms with Crippen LogP contribution in [0.15, 0.2) is 6.07 Å². The van der Waals surface area contributed by atoms with Crippen LogP contribution >= 0.6 is 23.2 Å². The quantitative estimate of drug-likeness (QED) is 0.448. The molecule has 0 spiro atoms. The van der Waals surface area contributed by atoms with Gasteiger partial charge in [0.2, 0.25) is 0 Å². The van der Waals surface area contributed by atoms with Crippen LogP contribution in [0.3, 0.4) is 0 Å². The van der Waals surface area contributed by atoms with Crippen molar-refractivity contribution >= 4 is 35.2 Å². The molecule has 74 valence electrons. The normalized spacial score (nSPS) is 9.93. The highest BCUT2D eigenvalue weighted by Crippen LogP contribution is 2.36. The highest BCUT2D eigenvalue weighted by atomic mass is 35.5. The van der Waals surface area contributed by atoms with Crippen LogP contribution in [0.25, 0.3) is 0 Å². The molecule has 0 atom stereocenters. The first-order valence-electron chi connectivity index (χ1n) is 3.57. The standard InChI is InChI=1S/C8H5Cl2NO3/c1-4-5(3-12)2-6(9)7(10)8(4)11(13)14/h2-3H,1H3. The molecule has 0 radical (unpaired) electrons. The van der Waals surface area contributed by atoms with E-state index in [0.717, 1.165) is 0 Å². The Morgan fingerprint density at radius 2 is 2.07 bits per heavy atom. The van der Waals surface area contributed by atoms with Crippen LogP contribution in [-0.4, -0.2) is 11.2 Å². The highest BCUT2D eigenvalue weighted by molar-refractivity contribution is 6.43. The van der Waals surface area contributed by atoms with Gasteiger partial charge in [-0.2, -0.15) is 0 Å². The fourth-order valence-corrected chi connectivity index (χ4v) is 1.53. The second-order valence-electron chi connectivity index (χ2n) is 2.61. The van der Waals surface area contributed by atoms with Gasteiger partial charge in [-0.15, -0.1) is 0 Å². The molecule has 0 aliphatic rings. The number of nitro benzene ring substituents is 1. The Morgan fingerprint density at radius 3 is 2.50 bits per heavy atom. The minimum atomic E-state index is -0.656. The lowest BCUT2D eigenvalue weighted by Crippen LogP contribution is -1.97. The number of carbonyl (C=O) groups is 1. The zero-order valence-electron chi connectivity index (χ0n) is 7.08. The molecule has 4 nitrogen and oxygen atoms in total. The summed E-state index contributed by atoms with van der Waals surface area (Å²) in [7, 11) is 0. The molecule has 14 heavy (non-hydrogen) atoms. The third-order valence-corrected chi connectivity index (χ3v) is 2.58. The number of nitro groups is 1. The van der Waals surface area contributed by atoms with E-state index in [0.29, 0.717) is 6.29 Å². The molecular weight excluding hydrogens is 229 g/mol. The van der Waals surface area contributed by atoms with Gasteiger partial charge >= 0.3 is 0 Å². The molecule has 0 fully saturated rings. The first kappa shape index (κ1) is 10.9. The Balaban J connectivity index is 3.61. The number of carbonyl (C=O) groups excluding carboxylic acids is 1. The molecule has 0 aliphatic heterocycles. The van der Waals surface area contributed by atoms with E-state index in [2.05, 4.69) is 0 Å². The van der Waals surface area contributed by atoms with E-state index in [1.807, 2.05) is 0 Å². The van der Waals surface area contributed by atoms with Crippen molar-refractivity contribution < 1.29 is 9.72 Å². The van der Waals surface area contributed by atoms with Crippen LogP contribution in [0.1, 0.15) is 15.9 Å². The molecule has 0 saturated carbocycles. The van der Waals surface area contributed by atoms with Crippen molar-refractivity contribution in [2.45, 2.75) is 6.92 Å². The zero-order valence-corrected chi connectivity index (χ0v) is 8.59. The first-order chi connectivity index (χ1) is 6.49. The van der Waals surface area contributed by atoms with Gasteiger partial charge in [-0.1, -0.05) is 23.2 Å². The monoisotopic (exact) mass is 233 g/mol. The lowest BCUT2D eigenvalue weighted by Gasteiger charge is -2.03. The van der Waals surface area contributed by atoms with Crippen molar-refractivity contribution in [1.29, 1.82) is 0 Å². The Labute approximate surface area is 89.6 Å².